The minimum atomic E-state index is -1.31. The zero-order valence-corrected chi connectivity index (χ0v) is 12.6. The van der Waals surface area contributed by atoms with Gasteiger partial charge < -0.3 is 8.85 Å². The Kier molecular flexibility index (Phi) is 5.51. The van der Waals surface area contributed by atoms with E-state index >= 15 is 0 Å². The molecule has 2 bridgehead atoms. The highest BCUT2D eigenvalue weighted by Gasteiger charge is 2.38. The Labute approximate surface area is 108 Å². The fourth-order valence-electron chi connectivity index (χ4n) is 3.86. The van der Waals surface area contributed by atoms with Gasteiger partial charge in [0.2, 0.25) is 0 Å². The molecule has 0 aromatic rings. The highest BCUT2D eigenvalue weighted by atomic mass is 28.3. The minimum absolute atomic E-state index is 0.824. The molecule has 0 N–H and O–H groups in total. The molecule has 0 aromatic heterocycles. The Morgan fingerprint density at radius 3 is 2.35 bits per heavy atom. The molecule has 0 saturated heterocycles. The van der Waals surface area contributed by atoms with Crippen molar-refractivity contribution < 1.29 is 8.85 Å². The van der Waals surface area contributed by atoms with Gasteiger partial charge in [-0.1, -0.05) is 19.3 Å². The molecule has 2 rings (SSSR count). The van der Waals surface area contributed by atoms with Crippen LogP contribution in [0.4, 0.5) is 0 Å². The molecule has 0 amide bonds. The van der Waals surface area contributed by atoms with Crippen LogP contribution in [0.5, 0.6) is 0 Å². The normalized spacial score (nSPS) is 31.6. The largest absolute Gasteiger partial charge is 0.397 e. The smallest absolute Gasteiger partial charge is 0.321 e. The van der Waals surface area contributed by atoms with E-state index in [2.05, 4.69) is 13.8 Å². The van der Waals surface area contributed by atoms with E-state index in [-0.39, 0.29) is 0 Å². The molecule has 3 unspecified atom stereocenters. The van der Waals surface area contributed by atoms with Gasteiger partial charge in [-0.3, -0.25) is 0 Å². The van der Waals surface area contributed by atoms with Crippen LogP contribution >= 0.6 is 0 Å². The monoisotopic (exact) mass is 256 g/mol. The molecular weight excluding hydrogens is 228 g/mol. The Balaban J connectivity index is 1.61. The number of fused-ring (bicyclic) bond motifs is 2. The predicted octanol–water partition coefficient (Wildman–Crippen LogP) is 3.50. The van der Waals surface area contributed by atoms with Gasteiger partial charge in [-0.2, -0.15) is 0 Å². The maximum absolute atomic E-state index is 5.73. The van der Waals surface area contributed by atoms with Gasteiger partial charge in [0.25, 0.3) is 0 Å². The number of hydrogen-bond donors (Lipinski definition) is 0. The lowest BCUT2D eigenvalue weighted by Crippen LogP contribution is -2.23. The average molecular weight is 256 g/mol. The van der Waals surface area contributed by atoms with E-state index in [1.165, 1.54) is 38.1 Å². The lowest BCUT2D eigenvalue weighted by atomic mass is 9.86. The van der Waals surface area contributed by atoms with Gasteiger partial charge >= 0.3 is 9.28 Å². The fraction of sp³-hybridized carbons (Fsp3) is 1.00. The molecule has 3 heteroatoms. The summed E-state index contributed by atoms with van der Waals surface area (Å²) in [4.78, 5) is 0. The quantitative estimate of drug-likeness (QED) is 0.619. The summed E-state index contributed by atoms with van der Waals surface area (Å²) >= 11 is 0. The van der Waals surface area contributed by atoms with Crippen LogP contribution < -0.4 is 0 Å². The second-order valence-corrected chi connectivity index (χ2v) is 7.81. The maximum atomic E-state index is 5.73. The summed E-state index contributed by atoms with van der Waals surface area (Å²) in [5, 5.41) is 0. The lowest BCUT2D eigenvalue weighted by molar-refractivity contribution is 0.210. The van der Waals surface area contributed by atoms with Crippen molar-refractivity contribution in [3.63, 3.8) is 0 Å². The Hall–Kier alpha value is 0.137. The first-order valence-corrected chi connectivity index (χ1v) is 9.32. The molecule has 0 aliphatic heterocycles. The van der Waals surface area contributed by atoms with Crippen molar-refractivity contribution >= 4 is 9.28 Å². The summed E-state index contributed by atoms with van der Waals surface area (Å²) in [7, 11) is -1.31. The third kappa shape index (κ3) is 3.80. The molecule has 100 valence electrons. The predicted molar refractivity (Wildman–Crippen MR) is 73.4 cm³/mol. The standard InChI is InChI=1S/C14H28O2Si/c1-3-15-17(16-4-2)9-5-6-13-10-12-7-8-14(13)11-12/h12-14,17H,3-11H2,1-2H3. The van der Waals surface area contributed by atoms with E-state index in [0.29, 0.717) is 0 Å². The lowest BCUT2D eigenvalue weighted by Gasteiger charge is -2.22. The van der Waals surface area contributed by atoms with Crippen LogP contribution in [-0.4, -0.2) is 22.5 Å². The van der Waals surface area contributed by atoms with E-state index < -0.39 is 9.28 Å². The van der Waals surface area contributed by atoms with Crippen LogP contribution in [0, 0.1) is 17.8 Å². The van der Waals surface area contributed by atoms with Crippen molar-refractivity contribution in [2.24, 2.45) is 17.8 Å². The summed E-state index contributed by atoms with van der Waals surface area (Å²) in [6.07, 6.45) is 8.89. The van der Waals surface area contributed by atoms with Gasteiger partial charge in [-0.05, 0) is 56.9 Å². The van der Waals surface area contributed by atoms with Gasteiger partial charge in [0.05, 0.1) is 0 Å². The highest BCUT2D eigenvalue weighted by molar-refractivity contribution is 6.44. The molecule has 0 radical (unpaired) electrons. The summed E-state index contributed by atoms with van der Waals surface area (Å²) in [6.45, 7) is 5.81. The van der Waals surface area contributed by atoms with Gasteiger partial charge in [0.15, 0.2) is 0 Å². The average Bonchev–Trinajstić information content (AvgIpc) is 2.91. The van der Waals surface area contributed by atoms with E-state index in [1.807, 2.05) is 0 Å². The third-order valence-corrected chi connectivity index (χ3v) is 6.89. The van der Waals surface area contributed by atoms with E-state index in [9.17, 15) is 0 Å². The molecule has 2 saturated carbocycles. The van der Waals surface area contributed by atoms with Crippen LogP contribution in [-0.2, 0) is 8.85 Å². The Morgan fingerprint density at radius 2 is 1.82 bits per heavy atom. The molecular formula is C14H28O2Si. The molecule has 0 aromatic carbocycles. The number of rotatable bonds is 8. The summed E-state index contributed by atoms with van der Waals surface area (Å²) in [5.41, 5.74) is 0. The first-order valence-electron chi connectivity index (χ1n) is 7.56. The van der Waals surface area contributed by atoms with Gasteiger partial charge in [-0.25, -0.2) is 0 Å². The van der Waals surface area contributed by atoms with Crippen molar-refractivity contribution in [2.45, 2.75) is 58.4 Å². The van der Waals surface area contributed by atoms with Crippen LogP contribution in [0.25, 0.3) is 0 Å². The van der Waals surface area contributed by atoms with E-state index in [4.69, 9.17) is 8.85 Å². The van der Waals surface area contributed by atoms with Crippen molar-refractivity contribution in [3.8, 4) is 0 Å². The molecule has 2 aliphatic carbocycles. The highest BCUT2D eigenvalue weighted by Crippen LogP contribution is 2.50. The van der Waals surface area contributed by atoms with Crippen LogP contribution in [0.15, 0.2) is 0 Å². The third-order valence-electron chi connectivity index (χ3n) is 4.60. The van der Waals surface area contributed by atoms with Crippen LogP contribution in [0.3, 0.4) is 0 Å². The summed E-state index contributed by atoms with van der Waals surface area (Å²) in [6, 6.07) is 1.22. The SMILES string of the molecule is CCO[SiH](CCCC1CC2CCC1C2)OCC. The Morgan fingerprint density at radius 1 is 1.06 bits per heavy atom. The maximum Gasteiger partial charge on any atom is 0.321 e. The van der Waals surface area contributed by atoms with Crippen molar-refractivity contribution in [2.75, 3.05) is 13.2 Å². The molecule has 3 atom stereocenters. The van der Waals surface area contributed by atoms with Crippen LogP contribution in [0.1, 0.15) is 52.4 Å². The van der Waals surface area contributed by atoms with Gasteiger partial charge in [0, 0.05) is 13.2 Å². The van der Waals surface area contributed by atoms with Gasteiger partial charge in [0.1, 0.15) is 0 Å². The van der Waals surface area contributed by atoms with E-state index in [1.54, 1.807) is 6.42 Å². The van der Waals surface area contributed by atoms with E-state index in [0.717, 1.165) is 31.0 Å². The first-order chi connectivity index (χ1) is 8.33. The fourth-order valence-corrected chi connectivity index (χ4v) is 5.61. The second kappa shape index (κ2) is 6.91. The van der Waals surface area contributed by atoms with Gasteiger partial charge in [-0.15, -0.1) is 0 Å². The van der Waals surface area contributed by atoms with Crippen LogP contribution in [0.2, 0.25) is 6.04 Å². The topological polar surface area (TPSA) is 18.5 Å². The van der Waals surface area contributed by atoms with Crippen molar-refractivity contribution in [1.82, 2.24) is 0 Å². The van der Waals surface area contributed by atoms with Crippen molar-refractivity contribution in [3.05, 3.63) is 0 Å². The molecule has 17 heavy (non-hydrogen) atoms. The molecule has 2 aliphatic rings. The van der Waals surface area contributed by atoms with Crippen molar-refractivity contribution in [1.29, 1.82) is 0 Å². The zero-order valence-electron chi connectivity index (χ0n) is 11.5. The molecule has 0 heterocycles. The molecule has 0 spiro atoms. The summed E-state index contributed by atoms with van der Waals surface area (Å²) in [5.74, 6) is 3.22. The molecule has 2 nitrogen and oxygen atoms in total. The second-order valence-electron chi connectivity index (χ2n) is 5.71. The Bertz CT molecular complexity index is 216. The molecule has 2 fully saturated rings. The first kappa shape index (κ1) is 13.6. The minimum Gasteiger partial charge on any atom is -0.397 e. The zero-order chi connectivity index (χ0) is 12.1. The summed E-state index contributed by atoms with van der Waals surface area (Å²) < 4.78 is 11.5. The number of hydrogen-bond acceptors (Lipinski definition) is 2.